The van der Waals surface area contributed by atoms with E-state index in [1.165, 1.54) is 23.1 Å². The predicted molar refractivity (Wildman–Crippen MR) is 106 cm³/mol. The van der Waals surface area contributed by atoms with Crippen LogP contribution < -0.4 is 5.32 Å². The fourth-order valence-corrected chi connectivity index (χ4v) is 4.36. The van der Waals surface area contributed by atoms with Crippen molar-refractivity contribution < 1.29 is 28.7 Å². The molecule has 30 heavy (non-hydrogen) atoms. The van der Waals surface area contributed by atoms with Crippen LogP contribution in [0.15, 0.2) is 18.2 Å². The van der Waals surface area contributed by atoms with Crippen molar-refractivity contribution in [2.24, 2.45) is 0 Å². The first kappa shape index (κ1) is 20.5. The van der Waals surface area contributed by atoms with Gasteiger partial charge >= 0.3 is 5.97 Å². The zero-order valence-corrected chi connectivity index (χ0v) is 16.9. The predicted octanol–water partition coefficient (Wildman–Crippen LogP) is 2.07. The van der Waals surface area contributed by atoms with Gasteiger partial charge in [0.25, 0.3) is 17.7 Å². The first-order valence-corrected chi connectivity index (χ1v) is 10.6. The lowest BCUT2D eigenvalue weighted by Gasteiger charge is -2.29. The quantitative estimate of drug-likeness (QED) is 0.565. The number of nitrogens with zero attached hydrogens (tertiary/aromatic N) is 1. The van der Waals surface area contributed by atoms with Crippen molar-refractivity contribution in [3.05, 3.63) is 34.9 Å². The number of ether oxygens (including phenoxy) is 2. The Morgan fingerprint density at radius 1 is 1.03 bits per heavy atom. The van der Waals surface area contributed by atoms with Gasteiger partial charge in [-0.1, -0.05) is 19.3 Å². The second kappa shape index (κ2) is 8.95. The summed E-state index contributed by atoms with van der Waals surface area (Å²) in [5, 5.41) is 2.68. The fraction of sp³-hybridized carbons (Fsp3) is 0.545. The van der Waals surface area contributed by atoms with Crippen molar-refractivity contribution >= 4 is 23.7 Å². The van der Waals surface area contributed by atoms with Gasteiger partial charge in [-0.25, -0.2) is 4.79 Å². The number of carbonyl (C=O) groups excluding carboxylic acids is 4. The average molecular weight is 414 g/mol. The smallest absolute Gasteiger partial charge is 0.338 e. The van der Waals surface area contributed by atoms with Crippen molar-refractivity contribution in [3.63, 3.8) is 0 Å². The molecule has 8 heteroatoms. The number of nitrogens with one attached hydrogen (secondary N) is 1. The third kappa shape index (κ3) is 4.23. The Balaban J connectivity index is 1.35. The molecule has 0 radical (unpaired) electrons. The van der Waals surface area contributed by atoms with Crippen LogP contribution in [-0.2, 0) is 14.3 Å². The first-order chi connectivity index (χ1) is 14.5. The summed E-state index contributed by atoms with van der Waals surface area (Å²) in [6.45, 7) is 0.680. The molecule has 0 aromatic heterocycles. The summed E-state index contributed by atoms with van der Waals surface area (Å²) in [4.78, 5) is 51.1. The second-order valence-electron chi connectivity index (χ2n) is 8.05. The minimum atomic E-state index is -0.707. The van der Waals surface area contributed by atoms with E-state index in [-0.39, 0.29) is 35.1 Å². The zero-order chi connectivity index (χ0) is 21.1. The van der Waals surface area contributed by atoms with Gasteiger partial charge in [0.15, 0.2) is 6.61 Å². The highest BCUT2D eigenvalue weighted by molar-refractivity contribution is 6.22. The summed E-state index contributed by atoms with van der Waals surface area (Å²) in [5.41, 5.74) is 0.687. The lowest BCUT2D eigenvalue weighted by atomic mass is 9.94. The van der Waals surface area contributed by atoms with E-state index in [1.807, 2.05) is 0 Å². The Labute approximate surface area is 174 Å². The molecule has 1 aromatic carbocycles. The van der Waals surface area contributed by atoms with E-state index in [0.29, 0.717) is 18.7 Å². The van der Waals surface area contributed by atoms with Crippen LogP contribution in [0.25, 0.3) is 0 Å². The zero-order valence-electron chi connectivity index (χ0n) is 16.9. The molecule has 3 aliphatic rings. The molecule has 1 aromatic rings. The normalized spacial score (nSPS) is 21.6. The lowest BCUT2D eigenvalue weighted by Crippen LogP contribution is -2.40. The van der Waals surface area contributed by atoms with E-state index >= 15 is 0 Å². The van der Waals surface area contributed by atoms with Gasteiger partial charge in [0.05, 0.1) is 22.8 Å². The SMILES string of the molecule is O=C(COC(=O)c1ccc2c(c1)C(=O)N(C1CCCCC1)C2=O)NC[C@@H]1CCCO1. The summed E-state index contributed by atoms with van der Waals surface area (Å²) in [5.74, 6) is -1.77. The van der Waals surface area contributed by atoms with Gasteiger partial charge in [-0.3, -0.25) is 19.3 Å². The molecule has 2 aliphatic heterocycles. The highest BCUT2D eigenvalue weighted by atomic mass is 16.5. The number of fused-ring (bicyclic) bond motifs is 1. The molecule has 0 spiro atoms. The van der Waals surface area contributed by atoms with E-state index in [9.17, 15) is 19.2 Å². The summed E-state index contributed by atoms with van der Waals surface area (Å²) in [6, 6.07) is 4.27. The largest absolute Gasteiger partial charge is 0.452 e. The molecular formula is C22H26N2O6. The van der Waals surface area contributed by atoms with Crippen LogP contribution in [0.2, 0.25) is 0 Å². The van der Waals surface area contributed by atoms with Gasteiger partial charge in [0.1, 0.15) is 0 Å². The van der Waals surface area contributed by atoms with E-state index in [1.54, 1.807) is 0 Å². The van der Waals surface area contributed by atoms with Gasteiger partial charge in [0.2, 0.25) is 0 Å². The lowest BCUT2D eigenvalue weighted by molar-refractivity contribution is -0.124. The summed E-state index contributed by atoms with van der Waals surface area (Å²) >= 11 is 0. The molecule has 1 N–H and O–H groups in total. The van der Waals surface area contributed by atoms with Crippen LogP contribution in [0.1, 0.15) is 76.0 Å². The maximum atomic E-state index is 12.8. The van der Waals surface area contributed by atoms with Crippen molar-refractivity contribution in [3.8, 4) is 0 Å². The average Bonchev–Trinajstić information content (AvgIpc) is 3.37. The van der Waals surface area contributed by atoms with Crippen LogP contribution in [-0.4, -0.2) is 60.5 Å². The monoisotopic (exact) mass is 414 g/mol. The molecule has 0 unspecified atom stereocenters. The Kier molecular flexibility index (Phi) is 6.13. The minimum absolute atomic E-state index is 0.0111. The van der Waals surface area contributed by atoms with Gasteiger partial charge in [0, 0.05) is 19.2 Å². The van der Waals surface area contributed by atoms with Crippen molar-refractivity contribution in [2.75, 3.05) is 19.8 Å². The number of amides is 3. The Morgan fingerprint density at radius 2 is 1.80 bits per heavy atom. The number of hydrogen-bond donors (Lipinski definition) is 1. The van der Waals surface area contributed by atoms with Crippen LogP contribution in [0.5, 0.6) is 0 Å². The summed E-state index contributed by atoms with van der Waals surface area (Å²) in [7, 11) is 0. The third-order valence-corrected chi connectivity index (χ3v) is 5.98. The molecule has 160 valence electrons. The maximum absolute atomic E-state index is 12.8. The maximum Gasteiger partial charge on any atom is 0.338 e. The summed E-state index contributed by atoms with van der Waals surface area (Å²) < 4.78 is 10.5. The van der Waals surface area contributed by atoms with Gasteiger partial charge in [-0.05, 0) is 43.9 Å². The molecule has 8 nitrogen and oxygen atoms in total. The number of rotatable bonds is 6. The molecule has 3 amide bonds. The van der Waals surface area contributed by atoms with Crippen LogP contribution >= 0.6 is 0 Å². The van der Waals surface area contributed by atoms with Crippen molar-refractivity contribution in [2.45, 2.75) is 57.1 Å². The Hall–Kier alpha value is -2.74. The fourth-order valence-electron chi connectivity index (χ4n) is 4.36. The second-order valence-corrected chi connectivity index (χ2v) is 8.05. The highest BCUT2D eigenvalue weighted by Gasteiger charge is 2.40. The molecular weight excluding hydrogens is 388 g/mol. The minimum Gasteiger partial charge on any atom is -0.452 e. The topological polar surface area (TPSA) is 102 Å². The number of carbonyl (C=O) groups is 4. The standard InChI is InChI=1S/C22H26N2O6/c25-19(23-12-16-7-4-10-29-16)13-30-22(28)14-8-9-17-18(11-14)21(27)24(20(17)26)15-5-2-1-3-6-15/h8-9,11,15-16H,1-7,10,12-13H2,(H,23,25)/t16-/m0/s1. The molecule has 1 atom stereocenters. The van der Waals surface area contributed by atoms with E-state index in [2.05, 4.69) is 5.32 Å². The summed E-state index contributed by atoms with van der Waals surface area (Å²) in [6.07, 6.45) is 6.67. The molecule has 0 bridgehead atoms. The van der Waals surface area contributed by atoms with Crippen LogP contribution in [0.4, 0.5) is 0 Å². The first-order valence-electron chi connectivity index (χ1n) is 10.6. The number of imide groups is 1. The molecule has 2 fully saturated rings. The Bertz CT molecular complexity index is 855. The molecule has 2 heterocycles. The molecule has 1 saturated heterocycles. The molecule has 4 rings (SSSR count). The third-order valence-electron chi connectivity index (χ3n) is 5.98. The Morgan fingerprint density at radius 3 is 2.53 bits per heavy atom. The van der Waals surface area contributed by atoms with Gasteiger partial charge < -0.3 is 14.8 Å². The number of esters is 1. The van der Waals surface area contributed by atoms with Gasteiger partial charge in [-0.15, -0.1) is 0 Å². The van der Waals surface area contributed by atoms with Crippen molar-refractivity contribution in [1.29, 1.82) is 0 Å². The van der Waals surface area contributed by atoms with E-state index in [4.69, 9.17) is 9.47 Å². The van der Waals surface area contributed by atoms with E-state index in [0.717, 1.165) is 44.9 Å². The van der Waals surface area contributed by atoms with Crippen LogP contribution in [0, 0.1) is 0 Å². The number of benzene rings is 1. The van der Waals surface area contributed by atoms with Gasteiger partial charge in [-0.2, -0.15) is 0 Å². The molecule has 1 saturated carbocycles. The highest BCUT2D eigenvalue weighted by Crippen LogP contribution is 2.31. The molecule has 1 aliphatic carbocycles. The number of hydrogen-bond acceptors (Lipinski definition) is 6. The van der Waals surface area contributed by atoms with Crippen molar-refractivity contribution in [1.82, 2.24) is 10.2 Å². The van der Waals surface area contributed by atoms with E-state index < -0.39 is 18.5 Å². The van der Waals surface area contributed by atoms with Crippen LogP contribution in [0.3, 0.4) is 0 Å².